The molecule has 6 heteroatoms. The van der Waals surface area contributed by atoms with Gasteiger partial charge in [-0.25, -0.2) is 4.79 Å². The third-order valence-corrected chi connectivity index (χ3v) is 5.57. The number of carbonyl (C=O) groups is 2. The van der Waals surface area contributed by atoms with Gasteiger partial charge in [-0.05, 0) is 51.9 Å². The van der Waals surface area contributed by atoms with E-state index in [9.17, 15) is 9.59 Å². The topological polar surface area (TPSA) is 61.9 Å². The van der Waals surface area contributed by atoms with Crippen LogP contribution < -0.4 is 5.32 Å². The van der Waals surface area contributed by atoms with Gasteiger partial charge in [0.05, 0.1) is 6.04 Å². The van der Waals surface area contributed by atoms with Crippen LogP contribution in [0.4, 0.5) is 4.79 Å². The summed E-state index contributed by atoms with van der Waals surface area (Å²) in [5.41, 5.74) is -0.423. The zero-order valence-corrected chi connectivity index (χ0v) is 18.3. The van der Waals surface area contributed by atoms with Gasteiger partial charge < -0.3 is 19.9 Å². The molecule has 0 saturated carbocycles. The van der Waals surface area contributed by atoms with Crippen molar-refractivity contribution >= 4 is 12.0 Å². The molecule has 0 aromatic heterocycles. The second kappa shape index (κ2) is 8.38. The van der Waals surface area contributed by atoms with Crippen molar-refractivity contribution < 1.29 is 14.3 Å². The highest BCUT2D eigenvalue weighted by atomic mass is 16.6. The summed E-state index contributed by atoms with van der Waals surface area (Å²) in [5, 5.41) is 3.51. The molecule has 0 aromatic carbocycles. The second-order valence-electron chi connectivity index (χ2n) is 10.3. The summed E-state index contributed by atoms with van der Waals surface area (Å²) in [4.78, 5) is 29.1. The van der Waals surface area contributed by atoms with Crippen LogP contribution in [0.3, 0.4) is 0 Å². The van der Waals surface area contributed by atoms with Crippen molar-refractivity contribution in [3.8, 4) is 0 Å². The Balaban J connectivity index is 1.89. The van der Waals surface area contributed by atoms with Gasteiger partial charge in [-0.1, -0.05) is 20.8 Å². The Bertz CT molecular complexity index is 528. The van der Waals surface area contributed by atoms with E-state index >= 15 is 0 Å². The molecule has 1 N–H and O–H groups in total. The maximum atomic E-state index is 13.1. The fourth-order valence-corrected chi connectivity index (χ4v) is 4.44. The molecule has 2 aliphatic rings. The molecule has 0 radical (unpaired) electrons. The highest BCUT2D eigenvalue weighted by molar-refractivity contribution is 5.77. The Kier molecular flexibility index (Phi) is 6.82. The molecular weight excluding hydrogens is 342 g/mol. The molecule has 6 nitrogen and oxygen atoms in total. The molecule has 0 bridgehead atoms. The van der Waals surface area contributed by atoms with E-state index in [4.69, 9.17) is 4.74 Å². The fourth-order valence-electron chi connectivity index (χ4n) is 4.44. The number of hydrogen-bond donors (Lipinski definition) is 1. The van der Waals surface area contributed by atoms with Gasteiger partial charge in [0.1, 0.15) is 5.60 Å². The number of piperazine rings is 1. The molecule has 2 fully saturated rings. The van der Waals surface area contributed by atoms with Crippen LogP contribution in [-0.4, -0.2) is 65.7 Å². The van der Waals surface area contributed by atoms with E-state index in [-0.39, 0.29) is 23.5 Å². The van der Waals surface area contributed by atoms with Gasteiger partial charge in [0.25, 0.3) is 0 Å². The normalized spacial score (nSPS) is 25.4. The summed E-state index contributed by atoms with van der Waals surface area (Å²) in [6.07, 6.45) is 2.08. The minimum atomic E-state index is -0.467. The fraction of sp³-hybridized carbons (Fsp3) is 0.905. The van der Waals surface area contributed by atoms with Crippen LogP contribution >= 0.6 is 0 Å². The maximum absolute atomic E-state index is 13.1. The smallest absolute Gasteiger partial charge is 0.410 e. The monoisotopic (exact) mass is 381 g/mol. The average molecular weight is 382 g/mol. The Morgan fingerprint density at radius 1 is 1.04 bits per heavy atom. The lowest BCUT2D eigenvalue weighted by Gasteiger charge is -2.48. The standard InChI is InChI=1S/C21H39N3O3/c1-15-18(20(2,3)4)24(13-10-22-15)17(25)14-16-8-11-23(12-9-16)19(26)27-21(5,6)7/h15-16,18,22H,8-14H2,1-7H3. The Labute approximate surface area is 165 Å². The van der Waals surface area contributed by atoms with Crippen molar-refractivity contribution in [3.05, 3.63) is 0 Å². The lowest BCUT2D eigenvalue weighted by atomic mass is 9.80. The van der Waals surface area contributed by atoms with E-state index in [2.05, 4.69) is 37.9 Å². The SMILES string of the molecule is CC1NCCN(C(=O)CC2CCN(C(=O)OC(C)(C)C)CC2)C1C(C)(C)C. The van der Waals surface area contributed by atoms with E-state index in [1.54, 1.807) is 4.90 Å². The van der Waals surface area contributed by atoms with E-state index < -0.39 is 5.60 Å². The third kappa shape index (κ3) is 6.09. The highest BCUT2D eigenvalue weighted by Crippen LogP contribution is 2.31. The largest absolute Gasteiger partial charge is 0.444 e. The van der Waals surface area contributed by atoms with E-state index in [1.807, 2.05) is 20.8 Å². The Morgan fingerprint density at radius 3 is 2.15 bits per heavy atom. The van der Waals surface area contributed by atoms with E-state index in [0.29, 0.717) is 31.5 Å². The van der Waals surface area contributed by atoms with Gasteiger partial charge in [-0.2, -0.15) is 0 Å². The summed E-state index contributed by atoms with van der Waals surface area (Å²) in [6.45, 7) is 17.4. The van der Waals surface area contributed by atoms with Crippen molar-refractivity contribution in [2.24, 2.45) is 11.3 Å². The Morgan fingerprint density at radius 2 is 1.63 bits per heavy atom. The summed E-state index contributed by atoms with van der Waals surface area (Å²) in [6, 6.07) is 0.511. The summed E-state index contributed by atoms with van der Waals surface area (Å²) < 4.78 is 5.46. The molecule has 27 heavy (non-hydrogen) atoms. The minimum Gasteiger partial charge on any atom is -0.444 e. The van der Waals surface area contributed by atoms with Gasteiger partial charge in [-0.3, -0.25) is 4.79 Å². The van der Waals surface area contributed by atoms with Crippen molar-refractivity contribution in [1.29, 1.82) is 0 Å². The molecule has 2 rings (SSSR count). The second-order valence-corrected chi connectivity index (χ2v) is 10.3. The highest BCUT2D eigenvalue weighted by Gasteiger charge is 2.40. The van der Waals surface area contributed by atoms with Gasteiger partial charge in [-0.15, -0.1) is 0 Å². The maximum Gasteiger partial charge on any atom is 0.410 e. The first-order chi connectivity index (χ1) is 12.4. The zero-order valence-electron chi connectivity index (χ0n) is 18.3. The molecule has 2 atom stereocenters. The third-order valence-electron chi connectivity index (χ3n) is 5.57. The first kappa shape index (κ1) is 22.0. The molecule has 0 aliphatic carbocycles. The molecule has 2 unspecified atom stereocenters. The first-order valence-electron chi connectivity index (χ1n) is 10.4. The molecule has 0 aromatic rings. The van der Waals surface area contributed by atoms with Crippen LogP contribution in [0.1, 0.15) is 67.7 Å². The number of rotatable bonds is 2. The molecule has 2 aliphatic heterocycles. The van der Waals surface area contributed by atoms with Crippen molar-refractivity contribution in [2.45, 2.75) is 85.4 Å². The number of likely N-dealkylation sites (tertiary alicyclic amines) is 1. The number of hydrogen-bond acceptors (Lipinski definition) is 4. The lowest BCUT2D eigenvalue weighted by molar-refractivity contribution is -0.139. The van der Waals surface area contributed by atoms with E-state index in [1.165, 1.54) is 0 Å². The first-order valence-corrected chi connectivity index (χ1v) is 10.4. The quantitative estimate of drug-likeness (QED) is 0.797. The van der Waals surface area contributed by atoms with Crippen molar-refractivity contribution in [3.63, 3.8) is 0 Å². The van der Waals surface area contributed by atoms with Gasteiger partial charge >= 0.3 is 6.09 Å². The number of carbonyl (C=O) groups excluding carboxylic acids is 2. The summed E-state index contributed by atoms with van der Waals surface area (Å²) in [7, 11) is 0. The Hall–Kier alpha value is -1.30. The van der Waals surface area contributed by atoms with Crippen LogP contribution in [0.15, 0.2) is 0 Å². The van der Waals surface area contributed by atoms with Crippen molar-refractivity contribution in [2.75, 3.05) is 26.2 Å². The molecule has 2 heterocycles. The number of nitrogens with one attached hydrogen (secondary N) is 1. The number of ether oxygens (including phenoxy) is 1. The molecular formula is C21H39N3O3. The number of piperidine rings is 1. The van der Waals surface area contributed by atoms with Crippen LogP contribution in [0.2, 0.25) is 0 Å². The lowest BCUT2D eigenvalue weighted by Crippen LogP contribution is -2.63. The zero-order chi connectivity index (χ0) is 20.4. The van der Waals surface area contributed by atoms with Crippen LogP contribution in [0, 0.1) is 11.3 Å². The van der Waals surface area contributed by atoms with Crippen LogP contribution in [0.5, 0.6) is 0 Å². The number of amides is 2. The molecule has 0 spiro atoms. The van der Waals surface area contributed by atoms with Gasteiger partial charge in [0.2, 0.25) is 5.91 Å². The van der Waals surface area contributed by atoms with Gasteiger partial charge in [0, 0.05) is 38.6 Å². The average Bonchev–Trinajstić information content (AvgIpc) is 2.52. The molecule has 156 valence electrons. The van der Waals surface area contributed by atoms with Gasteiger partial charge in [0.15, 0.2) is 0 Å². The number of nitrogens with zero attached hydrogens (tertiary/aromatic N) is 2. The minimum absolute atomic E-state index is 0.0442. The van der Waals surface area contributed by atoms with Crippen LogP contribution in [-0.2, 0) is 9.53 Å². The predicted octanol–water partition coefficient (Wildman–Crippen LogP) is 3.26. The van der Waals surface area contributed by atoms with Crippen molar-refractivity contribution in [1.82, 2.24) is 15.1 Å². The summed E-state index contributed by atoms with van der Waals surface area (Å²) >= 11 is 0. The molecule has 2 amide bonds. The van der Waals surface area contributed by atoms with E-state index in [0.717, 1.165) is 25.9 Å². The van der Waals surface area contributed by atoms with Crippen LogP contribution in [0.25, 0.3) is 0 Å². The predicted molar refractivity (Wildman–Crippen MR) is 108 cm³/mol. The summed E-state index contributed by atoms with van der Waals surface area (Å²) in [5.74, 6) is 0.612. The molecule has 2 saturated heterocycles.